The first-order valence-corrected chi connectivity index (χ1v) is 12.6. The Labute approximate surface area is 199 Å². The van der Waals surface area contributed by atoms with Crippen molar-refractivity contribution in [1.29, 1.82) is 0 Å². The molecule has 33 heavy (non-hydrogen) atoms. The van der Waals surface area contributed by atoms with Crippen molar-refractivity contribution in [3.63, 3.8) is 0 Å². The Morgan fingerprint density at radius 2 is 1.39 bits per heavy atom. The third-order valence-corrected chi connectivity index (χ3v) is 5.90. The van der Waals surface area contributed by atoms with Crippen LogP contribution < -0.4 is 5.32 Å². The van der Waals surface area contributed by atoms with E-state index in [0.29, 0.717) is 0 Å². The average molecular weight is 468 g/mol. The molecule has 0 aromatic rings. The van der Waals surface area contributed by atoms with Gasteiger partial charge in [0.1, 0.15) is 24.4 Å². The summed E-state index contributed by atoms with van der Waals surface area (Å²) in [5.41, 5.74) is 0. The van der Waals surface area contributed by atoms with E-state index in [4.69, 9.17) is 9.84 Å². The molecule has 1 aliphatic heterocycles. The predicted molar refractivity (Wildman–Crippen MR) is 130 cm³/mol. The molecule has 1 heterocycles. The van der Waals surface area contributed by atoms with Gasteiger partial charge in [-0.15, -0.1) is 0 Å². The number of rotatable bonds is 17. The Kier molecular flexibility index (Phi) is 16.9. The quantitative estimate of drug-likeness (QED) is 0.127. The molecule has 7 nitrogen and oxygen atoms in total. The van der Waals surface area contributed by atoms with Gasteiger partial charge < -0.3 is 30.5 Å². The van der Waals surface area contributed by atoms with Gasteiger partial charge in [0, 0.05) is 6.08 Å². The first-order valence-electron chi connectivity index (χ1n) is 12.6. The summed E-state index contributed by atoms with van der Waals surface area (Å²) in [7, 11) is 0. The van der Waals surface area contributed by atoms with Gasteiger partial charge in [-0.1, -0.05) is 102 Å². The Morgan fingerprint density at radius 3 is 2.00 bits per heavy atom. The van der Waals surface area contributed by atoms with E-state index >= 15 is 0 Å². The predicted octanol–water partition coefficient (Wildman–Crippen LogP) is 3.27. The summed E-state index contributed by atoms with van der Waals surface area (Å²) in [6.45, 7) is 1.70. The van der Waals surface area contributed by atoms with Crippen molar-refractivity contribution in [1.82, 2.24) is 5.32 Å². The molecule has 5 atom stereocenters. The number of aliphatic hydroxyl groups is 4. The number of amides is 1. The number of allylic oxidation sites excluding steroid dienone is 5. The number of aliphatic hydroxyl groups excluding tert-OH is 4. The summed E-state index contributed by atoms with van der Waals surface area (Å²) in [5, 5.41) is 41.2. The Bertz CT molecular complexity index is 591. The van der Waals surface area contributed by atoms with Crippen LogP contribution in [0.2, 0.25) is 0 Å². The van der Waals surface area contributed by atoms with Crippen LogP contribution in [-0.2, 0) is 9.53 Å². The summed E-state index contributed by atoms with van der Waals surface area (Å²) in [6.07, 6.45) is 20.7. The first kappa shape index (κ1) is 29.5. The Balaban J connectivity index is 2.08. The molecule has 1 saturated heterocycles. The standard InChI is InChI=1S/C26H45NO6/c1-2-3-4-5-6-7-8-9-10-11-12-13-14-15-16-17-18-19-22(29)27-23-25(31)24(30)21(20-28)33-26(23)32/h14-19,21,23-26,28,30-32H,2-13,20H2,1H3,(H,27,29)/t21-,23-,24-,25-,26?/m1/s1. The molecule has 190 valence electrons. The van der Waals surface area contributed by atoms with Crippen molar-refractivity contribution in [2.24, 2.45) is 0 Å². The van der Waals surface area contributed by atoms with Gasteiger partial charge in [0.2, 0.25) is 5.91 Å². The average Bonchev–Trinajstić information content (AvgIpc) is 2.81. The maximum Gasteiger partial charge on any atom is 0.244 e. The van der Waals surface area contributed by atoms with Crippen molar-refractivity contribution < 1.29 is 30.0 Å². The molecule has 7 heteroatoms. The van der Waals surface area contributed by atoms with Gasteiger partial charge >= 0.3 is 0 Å². The molecule has 1 fully saturated rings. The number of unbranched alkanes of at least 4 members (excludes halogenated alkanes) is 11. The van der Waals surface area contributed by atoms with E-state index in [9.17, 15) is 20.1 Å². The van der Waals surface area contributed by atoms with Crippen LogP contribution in [0.3, 0.4) is 0 Å². The first-order chi connectivity index (χ1) is 16.0. The minimum absolute atomic E-state index is 0.536. The summed E-state index contributed by atoms with van der Waals surface area (Å²) < 4.78 is 5.00. The zero-order chi connectivity index (χ0) is 24.3. The highest BCUT2D eigenvalue weighted by atomic mass is 16.6. The fraction of sp³-hybridized carbons (Fsp3) is 0.731. The molecule has 0 spiro atoms. The zero-order valence-corrected chi connectivity index (χ0v) is 20.1. The summed E-state index contributed by atoms with van der Waals surface area (Å²) in [6, 6.07) is -1.19. The molecule has 1 rings (SSSR count). The highest BCUT2D eigenvalue weighted by Crippen LogP contribution is 2.19. The van der Waals surface area contributed by atoms with E-state index in [1.54, 1.807) is 12.2 Å². The van der Waals surface area contributed by atoms with Gasteiger partial charge in [-0.05, 0) is 12.8 Å². The molecule has 1 aliphatic rings. The molecule has 0 aromatic carbocycles. The lowest BCUT2D eigenvalue weighted by Crippen LogP contribution is -2.64. The SMILES string of the molecule is CCCCCCCCCCCCCC=CC=CC=CC(=O)N[C@H]1C(O)O[C@H](CO)[C@@H](O)[C@@H]1O. The minimum atomic E-state index is -1.52. The van der Waals surface area contributed by atoms with E-state index in [-0.39, 0.29) is 0 Å². The third kappa shape index (κ3) is 13.1. The van der Waals surface area contributed by atoms with Gasteiger partial charge in [-0.3, -0.25) is 4.79 Å². The summed E-state index contributed by atoms with van der Waals surface area (Å²) >= 11 is 0. The second kappa shape index (κ2) is 18.9. The molecule has 0 aromatic heterocycles. The number of carbonyl (C=O) groups is 1. The molecular formula is C26H45NO6. The second-order valence-corrected chi connectivity index (χ2v) is 8.76. The largest absolute Gasteiger partial charge is 0.394 e. The van der Waals surface area contributed by atoms with E-state index in [2.05, 4.69) is 18.3 Å². The van der Waals surface area contributed by atoms with Crippen LogP contribution >= 0.6 is 0 Å². The van der Waals surface area contributed by atoms with Crippen LogP contribution in [0.1, 0.15) is 84.0 Å². The molecule has 0 saturated carbocycles. The van der Waals surface area contributed by atoms with Crippen LogP contribution in [-0.4, -0.2) is 63.6 Å². The van der Waals surface area contributed by atoms with Gasteiger partial charge in [0.25, 0.3) is 0 Å². The lowest BCUT2D eigenvalue weighted by molar-refractivity contribution is -0.253. The molecule has 0 radical (unpaired) electrons. The van der Waals surface area contributed by atoms with Crippen LogP contribution in [0.4, 0.5) is 0 Å². The highest BCUT2D eigenvalue weighted by Gasteiger charge is 2.44. The van der Waals surface area contributed by atoms with Gasteiger partial charge in [0.15, 0.2) is 6.29 Å². The highest BCUT2D eigenvalue weighted by molar-refractivity contribution is 5.88. The lowest BCUT2D eigenvalue weighted by Gasteiger charge is -2.40. The number of ether oxygens (including phenoxy) is 1. The molecule has 5 N–H and O–H groups in total. The smallest absolute Gasteiger partial charge is 0.244 e. The van der Waals surface area contributed by atoms with E-state index in [1.165, 1.54) is 76.7 Å². The lowest BCUT2D eigenvalue weighted by atomic mass is 9.97. The van der Waals surface area contributed by atoms with Gasteiger partial charge in [0.05, 0.1) is 6.61 Å². The molecule has 0 bridgehead atoms. The number of hydrogen-bond acceptors (Lipinski definition) is 6. The fourth-order valence-electron chi connectivity index (χ4n) is 3.84. The Morgan fingerprint density at radius 1 is 0.818 bits per heavy atom. The van der Waals surface area contributed by atoms with Crippen LogP contribution in [0.5, 0.6) is 0 Å². The molecular weight excluding hydrogens is 422 g/mol. The van der Waals surface area contributed by atoms with E-state index in [0.717, 1.165) is 6.42 Å². The van der Waals surface area contributed by atoms with Crippen molar-refractivity contribution in [3.05, 3.63) is 36.5 Å². The van der Waals surface area contributed by atoms with Crippen molar-refractivity contribution in [3.8, 4) is 0 Å². The van der Waals surface area contributed by atoms with Crippen molar-refractivity contribution in [2.45, 2.75) is 115 Å². The van der Waals surface area contributed by atoms with Gasteiger partial charge in [-0.25, -0.2) is 0 Å². The molecule has 1 amide bonds. The normalized spacial score (nSPS) is 26.0. The van der Waals surface area contributed by atoms with Gasteiger partial charge in [-0.2, -0.15) is 0 Å². The zero-order valence-electron chi connectivity index (χ0n) is 20.1. The van der Waals surface area contributed by atoms with Crippen LogP contribution in [0.15, 0.2) is 36.5 Å². The summed E-state index contributed by atoms with van der Waals surface area (Å²) in [4.78, 5) is 12.0. The summed E-state index contributed by atoms with van der Waals surface area (Å²) in [5.74, 6) is -0.536. The van der Waals surface area contributed by atoms with E-state index < -0.39 is 43.2 Å². The minimum Gasteiger partial charge on any atom is -0.394 e. The number of hydrogen-bond donors (Lipinski definition) is 5. The second-order valence-electron chi connectivity index (χ2n) is 8.76. The Hall–Kier alpha value is -1.51. The van der Waals surface area contributed by atoms with E-state index in [1.807, 2.05) is 12.2 Å². The number of carbonyl (C=O) groups excluding carboxylic acids is 1. The maximum atomic E-state index is 12.0. The molecule has 1 unspecified atom stereocenters. The third-order valence-electron chi connectivity index (χ3n) is 5.90. The monoisotopic (exact) mass is 467 g/mol. The maximum absolute atomic E-state index is 12.0. The van der Waals surface area contributed by atoms with Crippen molar-refractivity contribution >= 4 is 5.91 Å². The number of nitrogens with one attached hydrogen (secondary N) is 1. The topological polar surface area (TPSA) is 119 Å². The molecule has 0 aliphatic carbocycles. The fourth-order valence-corrected chi connectivity index (χ4v) is 3.84. The van der Waals surface area contributed by atoms with Crippen LogP contribution in [0.25, 0.3) is 0 Å². The van der Waals surface area contributed by atoms with Crippen LogP contribution in [0, 0.1) is 0 Å². The van der Waals surface area contributed by atoms with Crippen molar-refractivity contribution in [2.75, 3.05) is 6.61 Å².